The van der Waals surface area contributed by atoms with E-state index in [1.165, 1.54) is 25.7 Å². The van der Waals surface area contributed by atoms with Crippen molar-refractivity contribution in [3.05, 3.63) is 18.0 Å². The highest BCUT2D eigenvalue weighted by Gasteiger charge is 2.37. The molecule has 1 aromatic rings. The number of rotatable bonds is 8. The van der Waals surface area contributed by atoms with Crippen molar-refractivity contribution in [3.8, 4) is 0 Å². The summed E-state index contributed by atoms with van der Waals surface area (Å²) in [5, 5.41) is 10.9. The van der Waals surface area contributed by atoms with Gasteiger partial charge in [0.1, 0.15) is 0 Å². The lowest BCUT2D eigenvalue weighted by Gasteiger charge is -2.30. The van der Waals surface area contributed by atoms with Crippen LogP contribution in [0, 0.1) is 11.3 Å². The van der Waals surface area contributed by atoms with Crippen molar-refractivity contribution < 1.29 is 9.53 Å². The van der Waals surface area contributed by atoms with Crippen LogP contribution in [0.15, 0.2) is 12.4 Å². The Morgan fingerprint density at radius 2 is 2.24 bits per heavy atom. The van der Waals surface area contributed by atoms with Gasteiger partial charge < -0.3 is 15.4 Å². The normalized spacial score (nSPS) is 25.4. The first-order chi connectivity index (χ1) is 12.1. The molecule has 1 aromatic heterocycles. The fraction of sp³-hybridized carbons (Fsp3) is 0.789. The minimum atomic E-state index is -0.00505. The molecule has 0 radical (unpaired) electrons. The van der Waals surface area contributed by atoms with Crippen LogP contribution in [0.2, 0.25) is 0 Å². The van der Waals surface area contributed by atoms with E-state index in [4.69, 9.17) is 4.74 Å². The Morgan fingerprint density at radius 1 is 1.44 bits per heavy atom. The molecule has 2 aliphatic rings. The van der Waals surface area contributed by atoms with Gasteiger partial charge in [-0.05, 0) is 37.2 Å². The van der Waals surface area contributed by atoms with Crippen molar-refractivity contribution in [2.75, 3.05) is 32.8 Å². The monoisotopic (exact) mass is 348 g/mol. The number of carbonyl (C=O) groups is 1. The fourth-order valence-corrected chi connectivity index (χ4v) is 4.41. The van der Waals surface area contributed by atoms with Crippen molar-refractivity contribution >= 4 is 5.91 Å². The molecule has 140 valence electrons. The van der Waals surface area contributed by atoms with E-state index < -0.39 is 0 Å². The maximum absolute atomic E-state index is 12.9. The number of nitrogens with one attached hydrogen (secondary N) is 2. The molecule has 2 atom stereocenters. The number of hydrogen-bond donors (Lipinski definition) is 2. The molecule has 1 saturated carbocycles. The van der Waals surface area contributed by atoms with Gasteiger partial charge in [-0.15, -0.1) is 0 Å². The second-order valence-corrected chi connectivity index (χ2v) is 7.69. The molecule has 25 heavy (non-hydrogen) atoms. The van der Waals surface area contributed by atoms with Gasteiger partial charge in [-0.1, -0.05) is 12.8 Å². The number of aromatic nitrogens is 2. The van der Waals surface area contributed by atoms with Gasteiger partial charge in [-0.25, -0.2) is 0 Å². The first-order valence-electron chi connectivity index (χ1n) is 9.68. The fourth-order valence-electron chi connectivity index (χ4n) is 4.41. The maximum atomic E-state index is 12.9. The highest BCUT2D eigenvalue weighted by atomic mass is 16.5. The summed E-state index contributed by atoms with van der Waals surface area (Å²) >= 11 is 0. The molecule has 2 fully saturated rings. The second-order valence-electron chi connectivity index (χ2n) is 7.69. The number of nitrogens with zero attached hydrogens (tertiary/aromatic N) is 2. The van der Waals surface area contributed by atoms with E-state index >= 15 is 0 Å². The highest BCUT2D eigenvalue weighted by molar-refractivity contribution is 5.80. The molecule has 2 heterocycles. The predicted octanol–water partition coefficient (Wildman–Crippen LogP) is 1.83. The molecule has 0 spiro atoms. The quantitative estimate of drug-likeness (QED) is 0.703. The minimum Gasteiger partial charge on any atom is -0.382 e. The van der Waals surface area contributed by atoms with Gasteiger partial charge >= 0.3 is 0 Å². The number of aryl methyl sites for hydroxylation is 1. The summed E-state index contributed by atoms with van der Waals surface area (Å²) in [4.78, 5) is 12.9. The van der Waals surface area contributed by atoms with Crippen molar-refractivity contribution in [1.82, 2.24) is 20.4 Å². The Kier molecular flexibility index (Phi) is 6.12. The van der Waals surface area contributed by atoms with E-state index in [-0.39, 0.29) is 23.2 Å². The zero-order valence-electron chi connectivity index (χ0n) is 15.6. The Bertz CT molecular complexity index is 566. The van der Waals surface area contributed by atoms with Gasteiger partial charge in [-0.2, -0.15) is 5.10 Å². The lowest BCUT2D eigenvalue weighted by molar-refractivity contribution is -0.125. The molecular weight excluding hydrogens is 316 g/mol. The smallest absolute Gasteiger partial charge is 0.225 e. The standard InChI is InChI=1S/C19H32N4O2/c1-3-25-9-8-19(6-4-5-7-19)14-21-18(24)17-12-20-11-16(17)15-10-22-23(2)13-15/h10,13,16-17,20H,3-9,11-12,14H2,1-2H3,(H,21,24)/t16-,17+/m1/s1. The summed E-state index contributed by atoms with van der Waals surface area (Å²) in [6, 6.07) is 0. The van der Waals surface area contributed by atoms with Gasteiger partial charge in [0.05, 0.1) is 12.1 Å². The minimum absolute atomic E-state index is 0.00505. The first-order valence-corrected chi connectivity index (χ1v) is 9.68. The average molecular weight is 348 g/mol. The summed E-state index contributed by atoms with van der Waals surface area (Å²) < 4.78 is 7.38. The van der Waals surface area contributed by atoms with E-state index in [2.05, 4.69) is 15.7 Å². The number of amides is 1. The number of ether oxygens (including phenoxy) is 1. The van der Waals surface area contributed by atoms with Gasteiger partial charge in [0.15, 0.2) is 0 Å². The molecule has 1 amide bonds. The van der Waals surface area contributed by atoms with Crippen LogP contribution in [-0.2, 0) is 16.6 Å². The lowest BCUT2D eigenvalue weighted by Crippen LogP contribution is -2.41. The summed E-state index contributed by atoms with van der Waals surface area (Å²) in [6.45, 7) is 5.99. The molecule has 1 aliphatic heterocycles. The average Bonchev–Trinajstić information content (AvgIpc) is 3.33. The van der Waals surface area contributed by atoms with Gasteiger partial charge in [0.2, 0.25) is 5.91 Å². The van der Waals surface area contributed by atoms with Crippen LogP contribution >= 0.6 is 0 Å². The van der Waals surface area contributed by atoms with Crippen LogP contribution in [0.3, 0.4) is 0 Å². The highest BCUT2D eigenvalue weighted by Crippen LogP contribution is 2.40. The molecule has 0 aromatic carbocycles. The summed E-state index contributed by atoms with van der Waals surface area (Å²) in [5.74, 6) is 0.396. The molecule has 6 nitrogen and oxygen atoms in total. The SMILES string of the molecule is CCOCCC1(CNC(=O)[C@H]2CNC[C@@H]2c2cnn(C)c2)CCCC1. The van der Waals surface area contributed by atoms with Crippen LogP contribution < -0.4 is 10.6 Å². The van der Waals surface area contributed by atoms with Crippen molar-refractivity contribution in [2.45, 2.75) is 44.9 Å². The van der Waals surface area contributed by atoms with E-state index in [0.29, 0.717) is 0 Å². The van der Waals surface area contributed by atoms with Gasteiger partial charge in [-0.3, -0.25) is 9.48 Å². The van der Waals surface area contributed by atoms with Crippen LogP contribution in [0.4, 0.5) is 0 Å². The number of carbonyl (C=O) groups excluding carboxylic acids is 1. The van der Waals surface area contributed by atoms with E-state index in [0.717, 1.165) is 44.8 Å². The lowest BCUT2D eigenvalue weighted by atomic mass is 9.82. The number of hydrogen-bond acceptors (Lipinski definition) is 4. The van der Waals surface area contributed by atoms with Crippen molar-refractivity contribution in [2.24, 2.45) is 18.4 Å². The molecule has 1 aliphatic carbocycles. The largest absolute Gasteiger partial charge is 0.382 e. The van der Waals surface area contributed by atoms with Crippen LogP contribution in [0.25, 0.3) is 0 Å². The Labute approximate surface area is 150 Å². The summed E-state index contributed by atoms with van der Waals surface area (Å²) in [7, 11) is 1.92. The molecule has 0 unspecified atom stereocenters. The van der Waals surface area contributed by atoms with E-state index in [1.807, 2.05) is 31.0 Å². The zero-order chi connectivity index (χ0) is 17.7. The van der Waals surface area contributed by atoms with Crippen molar-refractivity contribution in [3.63, 3.8) is 0 Å². The molecule has 2 N–H and O–H groups in total. The Hall–Kier alpha value is -1.40. The zero-order valence-corrected chi connectivity index (χ0v) is 15.6. The van der Waals surface area contributed by atoms with E-state index in [1.54, 1.807) is 0 Å². The maximum Gasteiger partial charge on any atom is 0.225 e. The molecule has 6 heteroatoms. The predicted molar refractivity (Wildman–Crippen MR) is 97.3 cm³/mol. The molecule has 0 bridgehead atoms. The molecular formula is C19H32N4O2. The second kappa shape index (κ2) is 8.32. The Morgan fingerprint density at radius 3 is 2.92 bits per heavy atom. The summed E-state index contributed by atoms with van der Waals surface area (Å²) in [6.07, 6.45) is 9.91. The van der Waals surface area contributed by atoms with Crippen LogP contribution in [0.5, 0.6) is 0 Å². The third kappa shape index (κ3) is 4.42. The van der Waals surface area contributed by atoms with Crippen LogP contribution in [0.1, 0.15) is 50.5 Å². The third-order valence-corrected chi connectivity index (χ3v) is 5.99. The van der Waals surface area contributed by atoms with Crippen LogP contribution in [-0.4, -0.2) is 48.5 Å². The first kappa shape index (κ1) is 18.4. The van der Waals surface area contributed by atoms with Gasteiger partial charge in [0.25, 0.3) is 0 Å². The molecule has 1 saturated heterocycles. The topological polar surface area (TPSA) is 68.2 Å². The van der Waals surface area contributed by atoms with Gasteiger partial charge in [0, 0.05) is 52.0 Å². The third-order valence-electron chi connectivity index (χ3n) is 5.99. The Balaban J connectivity index is 1.57. The summed E-state index contributed by atoms with van der Waals surface area (Å²) in [5.41, 5.74) is 1.39. The molecule has 3 rings (SSSR count). The van der Waals surface area contributed by atoms with Crippen molar-refractivity contribution in [1.29, 1.82) is 0 Å². The van der Waals surface area contributed by atoms with E-state index in [9.17, 15) is 4.79 Å².